The third-order valence-electron chi connectivity index (χ3n) is 9.10. The monoisotopic (exact) mass is 573 g/mol. The molecule has 0 N–H and O–H groups in total. The minimum atomic E-state index is 1.15. The van der Waals surface area contributed by atoms with Crippen LogP contribution in [0.2, 0.25) is 0 Å². The van der Waals surface area contributed by atoms with Crippen molar-refractivity contribution in [2.24, 2.45) is 0 Å². The van der Waals surface area contributed by atoms with Crippen molar-refractivity contribution in [3.8, 4) is 33.6 Å². The molecular weight excluding hydrogens is 544 g/mol. The lowest BCUT2D eigenvalue weighted by atomic mass is 9.86. The number of benzene rings is 7. The second-order valence-corrected chi connectivity index (χ2v) is 11.6. The summed E-state index contributed by atoms with van der Waals surface area (Å²) in [7, 11) is 0. The van der Waals surface area contributed by atoms with Crippen LogP contribution >= 0.6 is 0 Å². The van der Waals surface area contributed by atoms with Gasteiger partial charge in [-0.05, 0) is 80.2 Å². The van der Waals surface area contributed by atoms with Crippen molar-refractivity contribution in [3.63, 3.8) is 0 Å². The van der Waals surface area contributed by atoms with Gasteiger partial charge in [0.25, 0.3) is 0 Å². The SMILES string of the molecule is c1cc[n+](-c2ccc(-c3c4ccccc4c(-c4ccc(-n5c6ccccc6c6ccccc65)cc4)c4ccccc34)cc2)cc1. The zero-order valence-corrected chi connectivity index (χ0v) is 24.6. The molecule has 0 aliphatic heterocycles. The molecule has 0 atom stereocenters. The van der Waals surface area contributed by atoms with E-state index in [4.69, 9.17) is 0 Å². The lowest BCUT2D eigenvalue weighted by molar-refractivity contribution is -0.595. The van der Waals surface area contributed by atoms with Gasteiger partial charge < -0.3 is 4.57 Å². The first-order valence-electron chi connectivity index (χ1n) is 15.4. The molecule has 0 unspecified atom stereocenters. The predicted molar refractivity (Wildman–Crippen MR) is 188 cm³/mol. The Morgan fingerprint density at radius 2 is 0.733 bits per heavy atom. The number of fused-ring (bicyclic) bond motifs is 5. The highest BCUT2D eigenvalue weighted by Crippen LogP contribution is 2.44. The standard InChI is InChI=1S/C43H29N2/c1-10-28-44(29-11-1)32-24-20-30(21-25-32)42-36-14-2-4-16-38(36)43(39-17-5-3-15-37(39)42)31-22-26-33(27-23-31)45-40-18-8-6-12-34(40)35-13-7-9-19-41(35)45/h1-29H/q+1. The van der Waals surface area contributed by atoms with Crippen molar-refractivity contribution in [1.29, 1.82) is 0 Å². The molecule has 0 aliphatic rings. The molecule has 9 rings (SSSR count). The maximum Gasteiger partial charge on any atom is 0.210 e. The summed E-state index contributed by atoms with van der Waals surface area (Å²) in [5.74, 6) is 0. The molecule has 210 valence electrons. The van der Waals surface area contributed by atoms with E-state index in [-0.39, 0.29) is 0 Å². The Morgan fingerprint density at radius 3 is 1.20 bits per heavy atom. The number of para-hydroxylation sites is 2. The Morgan fingerprint density at radius 1 is 0.333 bits per heavy atom. The van der Waals surface area contributed by atoms with Gasteiger partial charge in [0.1, 0.15) is 0 Å². The molecule has 45 heavy (non-hydrogen) atoms. The summed E-state index contributed by atoms with van der Waals surface area (Å²) in [6, 6.07) is 59.3. The molecule has 0 saturated heterocycles. The Labute approximate surface area is 261 Å². The van der Waals surface area contributed by atoms with E-state index in [1.807, 2.05) is 6.07 Å². The van der Waals surface area contributed by atoms with E-state index in [2.05, 4.69) is 179 Å². The van der Waals surface area contributed by atoms with Crippen molar-refractivity contribution >= 4 is 43.4 Å². The largest absolute Gasteiger partial charge is 0.309 e. The van der Waals surface area contributed by atoms with E-state index < -0.39 is 0 Å². The quantitative estimate of drug-likeness (QED) is 0.146. The summed E-state index contributed by atoms with van der Waals surface area (Å²) in [5, 5.41) is 7.60. The number of pyridine rings is 1. The molecule has 0 aliphatic carbocycles. The average Bonchev–Trinajstić information content (AvgIpc) is 3.45. The zero-order valence-electron chi connectivity index (χ0n) is 24.6. The average molecular weight is 574 g/mol. The van der Waals surface area contributed by atoms with E-state index in [1.54, 1.807) is 0 Å². The van der Waals surface area contributed by atoms with Crippen LogP contribution < -0.4 is 4.57 Å². The first-order valence-corrected chi connectivity index (χ1v) is 15.4. The highest BCUT2D eigenvalue weighted by molar-refractivity contribution is 6.21. The molecule has 2 heteroatoms. The lowest BCUT2D eigenvalue weighted by Crippen LogP contribution is -2.28. The fourth-order valence-electron chi connectivity index (χ4n) is 7.10. The second kappa shape index (κ2) is 10.3. The van der Waals surface area contributed by atoms with Gasteiger partial charge in [0, 0.05) is 40.7 Å². The minimum Gasteiger partial charge on any atom is -0.309 e. The second-order valence-electron chi connectivity index (χ2n) is 11.6. The topological polar surface area (TPSA) is 8.81 Å². The van der Waals surface area contributed by atoms with Gasteiger partial charge in [-0.1, -0.05) is 103 Å². The van der Waals surface area contributed by atoms with Crippen molar-refractivity contribution in [2.45, 2.75) is 0 Å². The van der Waals surface area contributed by atoms with Crippen molar-refractivity contribution in [3.05, 3.63) is 176 Å². The summed E-state index contributed by atoms with van der Waals surface area (Å²) in [6.45, 7) is 0. The summed E-state index contributed by atoms with van der Waals surface area (Å²) < 4.78 is 4.53. The molecule has 2 heterocycles. The zero-order chi connectivity index (χ0) is 29.7. The van der Waals surface area contributed by atoms with E-state index in [0.29, 0.717) is 0 Å². The molecule has 0 bridgehead atoms. The van der Waals surface area contributed by atoms with Gasteiger partial charge in [0.05, 0.1) is 11.0 Å². The van der Waals surface area contributed by atoms with Crippen LogP contribution in [0.5, 0.6) is 0 Å². The summed E-state index contributed by atoms with van der Waals surface area (Å²) in [4.78, 5) is 0. The van der Waals surface area contributed by atoms with Crippen molar-refractivity contribution < 1.29 is 4.57 Å². The van der Waals surface area contributed by atoms with E-state index in [0.717, 1.165) is 11.4 Å². The van der Waals surface area contributed by atoms with Crippen LogP contribution in [0.3, 0.4) is 0 Å². The first-order chi connectivity index (χ1) is 22.3. The fourth-order valence-corrected chi connectivity index (χ4v) is 7.10. The minimum absolute atomic E-state index is 1.15. The summed E-state index contributed by atoms with van der Waals surface area (Å²) in [5.41, 5.74) is 9.74. The van der Waals surface area contributed by atoms with Crippen LogP contribution in [0.1, 0.15) is 0 Å². The van der Waals surface area contributed by atoms with Crippen LogP contribution in [-0.4, -0.2) is 4.57 Å². The third-order valence-corrected chi connectivity index (χ3v) is 9.10. The molecule has 9 aromatic rings. The first kappa shape index (κ1) is 25.5. The van der Waals surface area contributed by atoms with Crippen LogP contribution in [0.15, 0.2) is 176 Å². The number of aromatic nitrogens is 2. The highest BCUT2D eigenvalue weighted by Gasteiger charge is 2.18. The normalized spacial score (nSPS) is 11.6. The molecule has 2 nitrogen and oxygen atoms in total. The molecule has 0 spiro atoms. The van der Waals surface area contributed by atoms with Crippen LogP contribution in [0.4, 0.5) is 0 Å². The maximum absolute atomic E-state index is 2.38. The Kier molecular flexibility index (Phi) is 5.85. The molecular formula is C43H29N2+. The predicted octanol–water partition coefficient (Wildman–Crippen LogP) is 10.7. The maximum atomic E-state index is 2.38. The highest BCUT2D eigenvalue weighted by atomic mass is 15.0. The van der Waals surface area contributed by atoms with Gasteiger partial charge in [0.2, 0.25) is 5.69 Å². The molecule has 2 aromatic heterocycles. The molecule has 0 radical (unpaired) electrons. The Bertz CT molecular complexity index is 2390. The summed E-state index contributed by atoms with van der Waals surface area (Å²) in [6.07, 6.45) is 4.17. The van der Waals surface area contributed by atoms with Gasteiger partial charge in [-0.3, -0.25) is 0 Å². The van der Waals surface area contributed by atoms with E-state index in [1.165, 1.54) is 65.6 Å². The van der Waals surface area contributed by atoms with E-state index in [9.17, 15) is 0 Å². The molecule has 0 saturated carbocycles. The number of hydrogen-bond acceptors (Lipinski definition) is 0. The van der Waals surface area contributed by atoms with Gasteiger partial charge in [-0.15, -0.1) is 0 Å². The van der Waals surface area contributed by atoms with Crippen molar-refractivity contribution in [2.75, 3.05) is 0 Å². The van der Waals surface area contributed by atoms with Crippen LogP contribution in [0.25, 0.3) is 77.0 Å². The molecule has 0 amide bonds. The Hall–Kier alpha value is -5.99. The number of rotatable bonds is 4. The van der Waals surface area contributed by atoms with Gasteiger partial charge in [0.15, 0.2) is 12.4 Å². The van der Waals surface area contributed by atoms with Crippen LogP contribution in [-0.2, 0) is 0 Å². The summed E-state index contributed by atoms with van der Waals surface area (Å²) >= 11 is 0. The molecule has 7 aromatic carbocycles. The van der Waals surface area contributed by atoms with Gasteiger partial charge >= 0.3 is 0 Å². The van der Waals surface area contributed by atoms with Gasteiger partial charge in [-0.2, -0.15) is 4.57 Å². The van der Waals surface area contributed by atoms with Crippen molar-refractivity contribution in [1.82, 2.24) is 4.57 Å². The fraction of sp³-hybridized carbons (Fsp3) is 0. The Balaban J connectivity index is 1.23. The number of nitrogens with zero attached hydrogens (tertiary/aromatic N) is 2. The molecule has 0 fully saturated rings. The van der Waals surface area contributed by atoms with E-state index >= 15 is 0 Å². The van der Waals surface area contributed by atoms with Crippen LogP contribution in [0, 0.1) is 0 Å². The third kappa shape index (κ3) is 4.07. The van der Waals surface area contributed by atoms with Gasteiger partial charge in [-0.25, -0.2) is 0 Å². The number of hydrogen-bond donors (Lipinski definition) is 0. The smallest absolute Gasteiger partial charge is 0.210 e. The lowest BCUT2D eigenvalue weighted by Gasteiger charge is -2.18.